The van der Waals surface area contributed by atoms with Crippen LogP contribution >= 0.6 is 0 Å². The van der Waals surface area contributed by atoms with Crippen LogP contribution in [-0.4, -0.2) is 40.8 Å². The van der Waals surface area contributed by atoms with Crippen molar-refractivity contribution < 1.29 is 19.8 Å². The Bertz CT molecular complexity index is 195. The van der Waals surface area contributed by atoms with E-state index in [4.69, 9.17) is 15.9 Å². The van der Waals surface area contributed by atoms with Gasteiger partial charge in [-0.1, -0.05) is 0 Å². The van der Waals surface area contributed by atoms with Crippen LogP contribution in [0.2, 0.25) is 0 Å². The number of nitrogens with one attached hydrogen (secondary N) is 1. The SMILES string of the molecule is CC(CN)N[C@@H](CC(=O)O)C(=O)O. The van der Waals surface area contributed by atoms with Gasteiger partial charge in [-0.25, -0.2) is 0 Å². The first-order chi connectivity index (χ1) is 5.97. The van der Waals surface area contributed by atoms with Crippen LogP contribution in [0.4, 0.5) is 0 Å². The number of aliphatic carboxylic acids is 2. The zero-order chi connectivity index (χ0) is 10.4. The minimum atomic E-state index is -1.18. The molecule has 0 fully saturated rings. The van der Waals surface area contributed by atoms with Crippen LogP contribution in [-0.2, 0) is 9.59 Å². The number of hydrogen-bond donors (Lipinski definition) is 4. The molecule has 0 aliphatic heterocycles. The number of carboxylic acid groups (broad SMARTS) is 2. The van der Waals surface area contributed by atoms with E-state index in [9.17, 15) is 9.59 Å². The fourth-order valence-corrected chi connectivity index (χ4v) is 0.804. The molecule has 0 aromatic carbocycles. The van der Waals surface area contributed by atoms with Crippen LogP contribution in [0.5, 0.6) is 0 Å². The van der Waals surface area contributed by atoms with Crippen molar-refractivity contribution in [2.75, 3.05) is 6.54 Å². The first-order valence-corrected chi connectivity index (χ1v) is 3.88. The van der Waals surface area contributed by atoms with Crippen molar-refractivity contribution in [3.05, 3.63) is 0 Å². The third kappa shape index (κ3) is 5.15. The smallest absolute Gasteiger partial charge is 0.321 e. The quantitative estimate of drug-likeness (QED) is 0.420. The standard InChI is InChI=1S/C7H14N2O4/c1-4(3-8)9-5(7(12)13)2-6(10)11/h4-5,9H,2-3,8H2,1H3,(H,10,11)(H,12,13)/t4?,5-/m0/s1. The number of rotatable bonds is 6. The van der Waals surface area contributed by atoms with Crippen molar-refractivity contribution in [3.8, 4) is 0 Å². The van der Waals surface area contributed by atoms with Crippen LogP contribution in [0.15, 0.2) is 0 Å². The Hall–Kier alpha value is -1.14. The average Bonchev–Trinajstić information content (AvgIpc) is 2.02. The van der Waals surface area contributed by atoms with Gasteiger partial charge in [0.25, 0.3) is 0 Å². The molecule has 0 heterocycles. The van der Waals surface area contributed by atoms with Crippen LogP contribution in [0.25, 0.3) is 0 Å². The molecule has 0 rings (SSSR count). The van der Waals surface area contributed by atoms with Gasteiger partial charge in [0.05, 0.1) is 6.42 Å². The molecule has 0 amide bonds. The lowest BCUT2D eigenvalue weighted by atomic mass is 10.2. The largest absolute Gasteiger partial charge is 0.481 e. The topological polar surface area (TPSA) is 113 Å². The Kier molecular flexibility index (Phi) is 5.01. The van der Waals surface area contributed by atoms with Crippen LogP contribution in [0, 0.1) is 0 Å². The Morgan fingerprint density at radius 2 is 2.00 bits per heavy atom. The summed E-state index contributed by atoms with van der Waals surface area (Å²) in [6, 6.07) is -1.28. The second-order valence-electron chi connectivity index (χ2n) is 2.79. The number of hydrogen-bond acceptors (Lipinski definition) is 4. The zero-order valence-corrected chi connectivity index (χ0v) is 7.36. The summed E-state index contributed by atoms with van der Waals surface area (Å²) in [4.78, 5) is 20.8. The van der Waals surface area contributed by atoms with E-state index in [1.54, 1.807) is 6.92 Å². The van der Waals surface area contributed by atoms with E-state index in [-0.39, 0.29) is 12.6 Å². The van der Waals surface area contributed by atoms with E-state index in [0.29, 0.717) is 0 Å². The fourth-order valence-electron chi connectivity index (χ4n) is 0.804. The lowest BCUT2D eigenvalue weighted by Gasteiger charge is -2.16. The second kappa shape index (κ2) is 5.50. The maximum absolute atomic E-state index is 10.5. The maximum atomic E-state index is 10.5. The zero-order valence-electron chi connectivity index (χ0n) is 7.36. The molecule has 0 aliphatic rings. The van der Waals surface area contributed by atoms with Gasteiger partial charge >= 0.3 is 11.9 Å². The van der Waals surface area contributed by atoms with Crippen LogP contribution < -0.4 is 11.1 Å². The highest BCUT2D eigenvalue weighted by atomic mass is 16.4. The molecule has 13 heavy (non-hydrogen) atoms. The van der Waals surface area contributed by atoms with E-state index in [1.807, 2.05) is 0 Å². The molecular formula is C7H14N2O4. The summed E-state index contributed by atoms with van der Waals surface area (Å²) in [5.74, 6) is -2.33. The van der Waals surface area contributed by atoms with Gasteiger partial charge in [0.15, 0.2) is 0 Å². The van der Waals surface area contributed by atoms with Gasteiger partial charge in [0, 0.05) is 12.6 Å². The second-order valence-corrected chi connectivity index (χ2v) is 2.79. The highest BCUT2D eigenvalue weighted by molar-refractivity contribution is 5.80. The normalized spacial score (nSPS) is 14.9. The summed E-state index contributed by atoms with van der Waals surface area (Å²) in [5, 5.41) is 19.6. The molecule has 0 spiro atoms. The lowest BCUT2D eigenvalue weighted by molar-refractivity contribution is -0.146. The molecule has 0 bridgehead atoms. The Labute approximate surface area is 75.7 Å². The Morgan fingerprint density at radius 3 is 2.31 bits per heavy atom. The number of nitrogens with two attached hydrogens (primary N) is 1. The summed E-state index contributed by atoms with van der Waals surface area (Å²) in [5.41, 5.74) is 5.25. The summed E-state index contributed by atoms with van der Waals surface area (Å²) < 4.78 is 0. The van der Waals surface area contributed by atoms with Gasteiger partial charge < -0.3 is 21.3 Å². The molecule has 0 aromatic rings. The lowest BCUT2D eigenvalue weighted by Crippen LogP contribution is -2.46. The van der Waals surface area contributed by atoms with E-state index >= 15 is 0 Å². The predicted octanol–water partition coefficient (Wildman–Crippen LogP) is -1.15. The highest BCUT2D eigenvalue weighted by Crippen LogP contribution is 1.94. The first-order valence-electron chi connectivity index (χ1n) is 3.88. The molecule has 6 heteroatoms. The fraction of sp³-hybridized carbons (Fsp3) is 0.714. The van der Waals surface area contributed by atoms with Crippen molar-refractivity contribution in [1.29, 1.82) is 0 Å². The van der Waals surface area contributed by atoms with Gasteiger partial charge in [-0.05, 0) is 6.92 Å². The molecule has 0 aliphatic carbocycles. The minimum absolute atomic E-state index is 0.208. The summed E-state index contributed by atoms with van der Waals surface area (Å²) in [6.07, 6.45) is -0.445. The van der Waals surface area contributed by atoms with Gasteiger partial charge in [-0.15, -0.1) is 0 Å². The monoisotopic (exact) mass is 190 g/mol. The van der Waals surface area contributed by atoms with Crippen molar-refractivity contribution in [3.63, 3.8) is 0 Å². The van der Waals surface area contributed by atoms with Gasteiger partial charge in [0.2, 0.25) is 0 Å². The van der Waals surface area contributed by atoms with E-state index in [0.717, 1.165) is 0 Å². The molecule has 0 aromatic heterocycles. The number of carboxylic acids is 2. The maximum Gasteiger partial charge on any atom is 0.321 e. The summed E-state index contributed by atoms with van der Waals surface area (Å²) in [7, 11) is 0. The third-order valence-electron chi connectivity index (χ3n) is 1.52. The van der Waals surface area contributed by atoms with Crippen molar-refractivity contribution in [1.82, 2.24) is 5.32 Å². The Balaban J connectivity index is 4.10. The van der Waals surface area contributed by atoms with Crippen molar-refractivity contribution in [2.45, 2.75) is 25.4 Å². The molecule has 0 saturated heterocycles. The summed E-state index contributed by atoms with van der Waals surface area (Å²) >= 11 is 0. The predicted molar refractivity (Wildman–Crippen MR) is 45.3 cm³/mol. The van der Waals surface area contributed by atoms with Gasteiger partial charge in [-0.2, -0.15) is 0 Å². The first kappa shape index (κ1) is 11.9. The van der Waals surface area contributed by atoms with Crippen LogP contribution in [0.3, 0.4) is 0 Å². The molecule has 6 nitrogen and oxygen atoms in total. The molecule has 5 N–H and O–H groups in total. The third-order valence-corrected chi connectivity index (χ3v) is 1.52. The minimum Gasteiger partial charge on any atom is -0.481 e. The van der Waals surface area contributed by atoms with E-state index in [1.165, 1.54) is 0 Å². The molecule has 0 saturated carbocycles. The molecule has 2 atom stereocenters. The molecule has 76 valence electrons. The molecule has 0 radical (unpaired) electrons. The Morgan fingerprint density at radius 1 is 1.46 bits per heavy atom. The van der Waals surface area contributed by atoms with E-state index < -0.39 is 24.4 Å². The van der Waals surface area contributed by atoms with Crippen LogP contribution in [0.1, 0.15) is 13.3 Å². The van der Waals surface area contributed by atoms with E-state index in [2.05, 4.69) is 5.32 Å². The summed E-state index contributed by atoms with van der Waals surface area (Å²) in [6.45, 7) is 1.96. The average molecular weight is 190 g/mol. The molecular weight excluding hydrogens is 176 g/mol. The van der Waals surface area contributed by atoms with Gasteiger partial charge in [-0.3, -0.25) is 9.59 Å². The van der Waals surface area contributed by atoms with Crippen molar-refractivity contribution in [2.24, 2.45) is 5.73 Å². The number of carbonyl (C=O) groups is 2. The highest BCUT2D eigenvalue weighted by Gasteiger charge is 2.21. The van der Waals surface area contributed by atoms with Gasteiger partial charge in [0.1, 0.15) is 6.04 Å². The van der Waals surface area contributed by atoms with Crippen molar-refractivity contribution >= 4 is 11.9 Å². The molecule has 1 unspecified atom stereocenters.